The van der Waals surface area contributed by atoms with Crippen LogP contribution in [0.5, 0.6) is 5.75 Å². The van der Waals surface area contributed by atoms with Gasteiger partial charge in [-0.05, 0) is 60.5 Å². The molecule has 0 spiro atoms. The molecule has 4 rings (SSSR count). The molecule has 0 aliphatic carbocycles. The molecule has 1 N–H and O–H groups in total. The molecule has 1 heterocycles. The predicted molar refractivity (Wildman–Crippen MR) is 126 cm³/mol. The Bertz CT molecular complexity index is 1310. The number of alkyl halides is 7. The third-order valence-electron chi connectivity index (χ3n) is 5.90. The van der Waals surface area contributed by atoms with E-state index in [9.17, 15) is 35.5 Å². The summed E-state index contributed by atoms with van der Waals surface area (Å²) >= 11 is 0. The lowest BCUT2D eigenvalue weighted by atomic mass is 10.0. The van der Waals surface area contributed by atoms with Crippen LogP contribution in [-0.2, 0) is 11.0 Å². The molecule has 1 unspecified atom stereocenters. The number of halogens is 7. The van der Waals surface area contributed by atoms with E-state index in [1.165, 1.54) is 23.1 Å². The molecule has 4 nitrogen and oxygen atoms in total. The number of hydrogen-bond acceptors (Lipinski definition) is 3. The van der Waals surface area contributed by atoms with Crippen molar-refractivity contribution in [1.29, 1.82) is 0 Å². The van der Waals surface area contributed by atoms with E-state index in [0.29, 0.717) is 0 Å². The molecule has 2 atom stereocenters. The molecule has 38 heavy (non-hydrogen) atoms. The Labute approximate surface area is 213 Å². The maximum atomic E-state index is 13.5. The Balaban J connectivity index is 1.71. The largest absolute Gasteiger partial charge is 0.461 e. The number of nitrogens with zero attached hydrogens (tertiary/aromatic N) is 1. The zero-order valence-corrected chi connectivity index (χ0v) is 19.7. The van der Waals surface area contributed by atoms with E-state index in [0.717, 1.165) is 42.0 Å². The number of nitrogens with one attached hydrogen (secondary N) is 1. The van der Waals surface area contributed by atoms with Crippen molar-refractivity contribution in [1.82, 2.24) is 5.32 Å². The topological polar surface area (TPSA) is 41.6 Å². The van der Waals surface area contributed by atoms with Crippen molar-refractivity contribution in [2.45, 2.75) is 37.7 Å². The maximum absolute atomic E-state index is 13.5. The lowest BCUT2D eigenvalue weighted by molar-refractivity contribution is -0.253. The minimum Gasteiger partial charge on any atom is -0.428 e. The Morgan fingerprint density at radius 3 is 2.16 bits per heavy atom. The summed E-state index contributed by atoms with van der Waals surface area (Å²) < 4.78 is 95.7. The Kier molecular flexibility index (Phi) is 7.39. The van der Waals surface area contributed by atoms with Crippen LogP contribution in [0.4, 0.5) is 36.4 Å². The van der Waals surface area contributed by atoms with Crippen LogP contribution in [0, 0.1) is 0 Å². The number of rotatable bonds is 8. The van der Waals surface area contributed by atoms with E-state index in [1.54, 1.807) is 6.92 Å². The van der Waals surface area contributed by atoms with Crippen LogP contribution in [0.2, 0.25) is 0 Å². The van der Waals surface area contributed by atoms with Crippen LogP contribution in [0.3, 0.4) is 0 Å². The fourth-order valence-electron chi connectivity index (χ4n) is 4.03. The van der Waals surface area contributed by atoms with Crippen LogP contribution >= 0.6 is 0 Å². The number of amides is 1. The highest BCUT2D eigenvalue weighted by molar-refractivity contribution is 6.08. The van der Waals surface area contributed by atoms with E-state index in [4.69, 9.17) is 0 Å². The number of carbonyl (C=O) groups is 1. The van der Waals surface area contributed by atoms with Crippen LogP contribution in [0.25, 0.3) is 0 Å². The molecule has 3 aromatic carbocycles. The molecule has 0 saturated heterocycles. The third-order valence-corrected chi connectivity index (χ3v) is 5.90. The first-order valence-electron chi connectivity index (χ1n) is 11.4. The highest BCUT2D eigenvalue weighted by atomic mass is 19.4. The van der Waals surface area contributed by atoms with Gasteiger partial charge < -0.3 is 10.1 Å². The molecule has 1 aliphatic rings. The van der Waals surface area contributed by atoms with Crippen molar-refractivity contribution in [3.63, 3.8) is 0 Å². The maximum Gasteiger partial charge on any atom is 0.461 e. The van der Waals surface area contributed by atoms with Gasteiger partial charge in [0.1, 0.15) is 5.75 Å². The molecule has 11 heteroatoms. The number of benzene rings is 3. The van der Waals surface area contributed by atoms with Gasteiger partial charge in [0, 0.05) is 11.7 Å². The summed E-state index contributed by atoms with van der Waals surface area (Å²) in [6, 6.07) is 16.6. The van der Waals surface area contributed by atoms with Gasteiger partial charge in [-0.3, -0.25) is 9.69 Å². The van der Waals surface area contributed by atoms with E-state index in [2.05, 4.69) is 10.1 Å². The first-order valence-corrected chi connectivity index (χ1v) is 11.4. The molecule has 1 amide bonds. The third kappa shape index (κ3) is 5.76. The Hall–Kier alpha value is -4.02. The van der Waals surface area contributed by atoms with Crippen molar-refractivity contribution in [2.75, 3.05) is 4.90 Å². The minimum atomic E-state index is -4.75. The zero-order chi connectivity index (χ0) is 27.7. The molecule has 0 saturated carbocycles. The van der Waals surface area contributed by atoms with Gasteiger partial charge in [0.05, 0.1) is 17.3 Å². The quantitative estimate of drug-likeness (QED) is 0.307. The van der Waals surface area contributed by atoms with E-state index in [1.807, 2.05) is 30.3 Å². The van der Waals surface area contributed by atoms with E-state index in [-0.39, 0.29) is 23.0 Å². The molecule has 200 valence electrons. The molecule has 1 aliphatic heterocycles. The molecular weight excluding hydrogens is 517 g/mol. The van der Waals surface area contributed by atoms with Crippen LogP contribution < -0.4 is 15.0 Å². The molecular formula is C27H21F7N2O2. The summed E-state index contributed by atoms with van der Waals surface area (Å²) in [5.74, 6) is -1.15. The average molecular weight is 538 g/mol. The number of ether oxygens (including phenoxy) is 1. The SMILES string of the molecule is C[C@@H](NC1=CC(c2cccc(OC(F)(F)C(F)F)c2)N(c2ccc(C(F)(F)F)cc2)C1=O)c1ccccc1. The normalized spacial score (nSPS) is 17.0. The first kappa shape index (κ1) is 27.0. The van der Waals surface area contributed by atoms with Crippen LogP contribution in [0.1, 0.15) is 35.7 Å². The monoisotopic (exact) mass is 538 g/mol. The number of carbonyl (C=O) groups excluding carboxylic acids is 1. The van der Waals surface area contributed by atoms with Gasteiger partial charge in [-0.25, -0.2) is 0 Å². The van der Waals surface area contributed by atoms with Crippen molar-refractivity contribution in [2.24, 2.45) is 0 Å². The molecule has 0 aromatic heterocycles. The summed E-state index contributed by atoms with van der Waals surface area (Å²) in [6.07, 6.45) is -11.9. The van der Waals surface area contributed by atoms with Gasteiger partial charge in [-0.2, -0.15) is 30.7 Å². The summed E-state index contributed by atoms with van der Waals surface area (Å²) in [5.41, 5.74) is 0.381. The van der Waals surface area contributed by atoms with Crippen LogP contribution in [-0.4, -0.2) is 18.4 Å². The second kappa shape index (κ2) is 10.4. The fraction of sp³-hybridized carbons (Fsp3) is 0.222. The van der Waals surface area contributed by atoms with E-state index < -0.39 is 42.0 Å². The summed E-state index contributed by atoms with van der Waals surface area (Å²) in [7, 11) is 0. The predicted octanol–water partition coefficient (Wildman–Crippen LogP) is 7.26. The standard InChI is InChI=1S/C27H21F7N2O2/c1-16(17-6-3-2-4-7-17)35-22-15-23(18-8-5-9-21(14-18)38-27(33,34)25(28)29)36(24(22)37)20-12-10-19(11-13-20)26(30,31)32/h2-16,23,25,35H,1H3/t16-,23?/m1/s1. The summed E-state index contributed by atoms with van der Waals surface area (Å²) in [6.45, 7) is 1.81. The van der Waals surface area contributed by atoms with Gasteiger partial charge in [-0.1, -0.05) is 42.5 Å². The van der Waals surface area contributed by atoms with Crippen molar-refractivity contribution in [3.05, 3.63) is 107 Å². The lowest BCUT2D eigenvalue weighted by Gasteiger charge is -2.26. The summed E-state index contributed by atoms with van der Waals surface area (Å²) in [4.78, 5) is 14.6. The van der Waals surface area contributed by atoms with Gasteiger partial charge in [0.15, 0.2) is 0 Å². The Morgan fingerprint density at radius 1 is 0.895 bits per heavy atom. The second-order valence-corrected chi connectivity index (χ2v) is 8.56. The summed E-state index contributed by atoms with van der Waals surface area (Å²) in [5, 5.41) is 3.09. The fourth-order valence-corrected chi connectivity index (χ4v) is 4.03. The number of hydrogen-bond donors (Lipinski definition) is 1. The van der Waals surface area contributed by atoms with Crippen molar-refractivity contribution >= 4 is 11.6 Å². The molecule has 0 fully saturated rings. The highest BCUT2D eigenvalue weighted by Crippen LogP contribution is 2.39. The average Bonchev–Trinajstić information content (AvgIpc) is 3.19. The lowest BCUT2D eigenvalue weighted by Crippen LogP contribution is -2.34. The van der Waals surface area contributed by atoms with E-state index >= 15 is 0 Å². The zero-order valence-electron chi connectivity index (χ0n) is 19.7. The highest BCUT2D eigenvalue weighted by Gasteiger charge is 2.44. The van der Waals surface area contributed by atoms with Crippen LogP contribution in [0.15, 0.2) is 90.6 Å². The number of anilines is 1. The van der Waals surface area contributed by atoms with Gasteiger partial charge in [0.25, 0.3) is 5.91 Å². The molecule has 3 aromatic rings. The Morgan fingerprint density at radius 2 is 1.55 bits per heavy atom. The van der Waals surface area contributed by atoms with Gasteiger partial charge >= 0.3 is 18.7 Å². The smallest absolute Gasteiger partial charge is 0.428 e. The van der Waals surface area contributed by atoms with Gasteiger partial charge in [-0.15, -0.1) is 0 Å². The first-order chi connectivity index (χ1) is 17.9. The molecule has 0 bridgehead atoms. The van der Waals surface area contributed by atoms with Crippen molar-refractivity contribution in [3.8, 4) is 5.75 Å². The minimum absolute atomic E-state index is 0.109. The second-order valence-electron chi connectivity index (χ2n) is 8.56. The molecule has 0 radical (unpaired) electrons. The van der Waals surface area contributed by atoms with Gasteiger partial charge in [0.2, 0.25) is 0 Å². The van der Waals surface area contributed by atoms with Crippen molar-refractivity contribution < 1.29 is 40.3 Å².